The van der Waals surface area contributed by atoms with E-state index in [1.807, 2.05) is 11.8 Å². The van der Waals surface area contributed by atoms with Crippen molar-refractivity contribution < 1.29 is 4.79 Å². The molecule has 76 valence electrons. The van der Waals surface area contributed by atoms with E-state index in [4.69, 9.17) is 0 Å². The normalized spacial score (nSPS) is 31.3. The summed E-state index contributed by atoms with van der Waals surface area (Å²) in [7, 11) is 0. The lowest BCUT2D eigenvalue weighted by Gasteiger charge is -2.51. The standard InChI is InChI=1S/C12H17NO/c1-8(2)12(4)7-11(14)13(12)9(3)10-5-6-10/h10H,1,3,5-7H2,2,4H3. The summed E-state index contributed by atoms with van der Waals surface area (Å²) in [5.74, 6) is 0.755. The summed E-state index contributed by atoms with van der Waals surface area (Å²) in [6, 6.07) is 0. The van der Waals surface area contributed by atoms with Crippen molar-refractivity contribution in [1.29, 1.82) is 0 Å². The van der Waals surface area contributed by atoms with Crippen molar-refractivity contribution in [1.82, 2.24) is 4.90 Å². The van der Waals surface area contributed by atoms with Gasteiger partial charge in [-0.25, -0.2) is 0 Å². The fourth-order valence-electron chi connectivity index (χ4n) is 2.05. The van der Waals surface area contributed by atoms with E-state index in [1.165, 1.54) is 12.8 Å². The van der Waals surface area contributed by atoms with Crippen LogP contribution in [-0.2, 0) is 4.79 Å². The molecule has 1 aliphatic carbocycles. The van der Waals surface area contributed by atoms with Gasteiger partial charge in [0.05, 0.1) is 12.0 Å². The van der Waals surface area contributed by atoms with Gasteiger partial charge in [0.2, 0.25) is 5.91 Å². The minimum atomic E-state index is -0.156. The number of amides is 1. The Morgan fingerprint density at radius 2 is 2.07 bits per heavy atom. The summed E-state index contributed by atoms with van der Waals surface area (Å²) in [4.78, 5) is 13.4. The van der Waals surface area contributed by atoms with Crippen LogP contribution in [0.4, 0.5) is 0 Å². The highest BCUT2D eigenvalue weighted by molar-refractivity contribution is 5.88. The summed E-state index contributed by atoms with van der Waals surface area (Å²) in [6.45, 7) is 12.1. The second kappa shape index (κ2) is 2.72. The Kier molecular flexibility index (Phi) is 1.85. The molecule has 0 bridgehead atoms. The minimum absolute atomic E-state index is 0.156. The monoisotopic (exact) mass is 191 g/mol. The molecule has 1 aliphatic heterocycles. The first-order valence-corrected chi connectivity index (χ1v) is 5.14. The smallest absolute Gasteiger partial charge is 0.230 e. The molecule has 1 atom stereocenters. The lowest BCUT2D eigenvalue weighted by atomic mass is 9.79. The highest BCUT2D eigenvalue weighted by Crippen LogP contribution is 2.46. The average Bonchev–Trinajstić information content (AvgIpc) is 2.84. The van der Waals surface area contributed by atoms with Crippen LogP contribution in [0.15, 0.2) is 24.4 Å². The molecule has 0 spiro atoms. The maximum absolute atomic E-state index is 11.5. The third-order valence-corrected chi connectivity index (χ3v) is 3.49. The van der Waals surface area contributed by atoms with Crippen LogP contribution >= 0.6 is 0 Å². The molecule has 1 amide bonds. The summed E-state index contributed by atoms with van der Waals surface area (Å²) in [6.07, 6.45) is 2.97. The number of hydrogen-bond donors (Lipinski definition) is 0. The molecule has 1 unspecified atom stereocenters. The van der Waals surface area contributed by atoms with E-state index in [2.05, 4.69) is 20.1 Å². The molecule has 0 aromatic heterocycles. The minimum Gasteiger partial charge on any atom is -0.306 e. The molecular weight excluding hydrogens is 174 g/mol. The summed E-state index contributed by atoms with van der Waals surface area (Å²) >= 11 is 0. The molecule has 2 nitrogen and oxygen atoms in total. The van der Waals surface area contributed by atoms with E-state index in [0.717, 1.165) is 11.3 Å². The van der Waals surface area contributed by atoms with E-state index in [9.17, 15) is 4.79 Å². The van der Waals surface area contributed by atoms with Crippen molar-refractivity contribution in [2.45, 2.75) is 38.6 Å². The number of likely N-dealkylation sites (tertiary alicyclic amines) is 1. The van der Waals surface area contributed by atoms with Gasteiger partial charge in [-0.2, -0.15) is 0 Å². The highest BCUT2D eigenvalue weighted by atomic mass is 16.2. The van der Waals surface area contributed by atoms with Gasteiger partial charge in [-0.1, -0.05) is 18.7 Å². The maximum atomic E-state index is 11.5. The molecule has 1 heterocycles. The summed E-state index contributed by atoms with van der Waals surface area (Å²) in [5, 5.41) is 0. The predicted molar refractivity (Wildman–Crippen MR) is 56.5 cm³/mol. The summed E-state index contributed by atoms with van der Waals surface area (Å²) < 4.78 is 0. The van der Waals surface area contributed by atoms with Crippen LogP contribution in [0, 0.1) is 5.92 Å². The predicted octanol–water partition coefficient (Wildman–Crippen LogP) is 2.48. The molecule has 2 rings (SSSR count). The number of carbonyl (C=O) groups excluding carboxylic acids is 1. The first-order valence-electron chi connectivity index (χ1n) is 5.14. The molecule has 0 radical (unpaired) electrons. The van der Waals surface area contributed by atoms with E-state index in [-0.39, 0.29) is 11.4 Å². The van der Waals surface area contributed by atoms with Gasteiger partial charge in [-0.15, -0.1) is 0 Å². The fraction of sp³-hybridized carbons (Fsp3) is 0.583. The van der Waals surface area contributed by atoms with E-state index >= 15 is 0 Å². The Bertz CT molecular complexity index is 327. The second-order valence-corrected chi connectivity index (χ2v) is 4.73. The molecule has 14 heavy (non-hydrogen) atoms. The van der Waals surface area contributed by atoms with Crippen LogP contribution in [0.3, 0.4) is 0 Å². The zero-order valence-corrected chi connectivity index (χ0v) is 8.97. The first-order chi connectivity index (χ1) is 6.47. The molecule has 2 fully saturated rings. The van der Waals surface area contributed by atoms with Gasteiger partial charge in [0.25, 0.3) is 0 Å². The van der Waals surface area contributed by atoms with Crippen LogP contribution in [0.2, 0.25) is 0 Å². The Hall–Kier alpha value is -1.05. The Morgan fingerprint density at radius 3 is 2.43 bits per heavy atom. The van der Waals surface area contributed by atoms with Crippen molar-refractivity contribution in [3.8, 4) is 0 Å². The zero-order valence-electron chi connectivity index (χ0n) is 8.97. The van der Waals surface area contributed by atoms with Gasteiger partial charge in [0.15, 0.2) is 0 Å². The topological polar surface area (TPSA) is 20.3 Å². The highest BCUT2D eigenvalue weighted by Gasteiger charge is 2.51. The number of allylic oxidation sites excluding steroid dienone is 1. The largest absolute Gasteiger partial charge is 0.306 e. The van der Waals surface area contributed by atoms with Crippen molar-refractivity contribution in [3.05, 3.63) is 24.4 Å². The van der Waals surface area contributed by atoms with Crippen LogP contribution in [0.25, 0.3) is 0 Å². The first kappa shape index (κ1) is 9.50. The van der Waals surface area contributed by atoms with Gasteiger partial charge < -0.3 is 4.90 Å². The maximum Gasteiger partial charge on any atom is 0.230 e. The van der Waals surface area contributed by atoms with E-state index < -0.39 is 0 Å². The number of carbonyl (C=O) groups is 1. The Morgan fingerprint density at radius 1 is 1.50 bits per heavy atom. The van der Waals surface area contributed by atoms with Gasteiger partial charge in [-0.3, -0.25) is 4.79 Å². The van der Waals surface area contributed by atoms with Gasteiger partial charge in [-0.05, 0) is 32.6 Å². The van der Waals surface area contributed by atoms with Crippen molar-refractivity contribution in [3.63, 3.8) is 0 Å². The molecule has 0 aromatic carbocycles. The molecule has 0 N–H and O–H groups in total. The summed E-state index contributed by atoms with van der Waals surface area (Å²) in [5.41, 5.74) is 1.90. The van der Waals surface area contributed by atoms with Crippen LogP contribution in [0.5, 0.6) is 0 Å². The van der Waals surface area contributed by atoms with Crippen LogP contribution in [-0.4, -0.2) is 16.3 Å². The number of nitrogens with zero attached hydrogens (tertiary/aromatic N) is 1. The van der Waals surface area contributed by atoms with Gasteiger partial charge in [0.1, 0.15) is 0 Å². The fourth-order valence-corrected chi connectivity index (χ4v) is 2.05. The third kappa shape index (κ3) is 1.13. The zero-order chi connectivity index (χ0) is 10.5. The van der Waals surface area contributed by atoms with Crippen molar-refractivity contribution in [2.75, 3.05) is 0 Å². The molecule has 1 saturated carbocycles. The van der Waals surface area contributed by atoms with E-state index in [0.29, 0.717) is 12.3 Å². The number of hydrogen-bond acceptors (Lipinski definition) is 1. The van der Waals surface area contributed by atoms with Gasteiger partial charge in [0, 0.05) is 5.70 Å². The van der Waals surface area contributed by atoms with E-state index in [1.54, 1.807) is 0 Å². The lowest BCUT2D eigenvalue weighted by molar-refractivity contribution is -0.148. The van der Waals surface area contributed by atoms with Gasteiger partial charge >= 0.3 is 0 Å². The lowest BCUT2D eigenvalue weighted by Crippen LogP contribution is -2.61. The van der Waals surface area contributed by atoms with Crippen LogP contribution < -0.4 is 0 Å². The Balaban J connectivity index is 2.19. The van der Waals surface area contributed by atoms with Crippen molar-refractivity contribution in [2.24, 2.45) is 5.92 Å². The molecule has 1 saturated heterocycles. The second-order valence-electron chi connectivity index (χ2n) is 4.73. The Labute approximate surface area is 85.3 Å². The molecule has 2 heteroatoms. The number of rotatable bonds is 3. The SMILES string of the molecule is C=C(C1CC1)N1C(=O)CC1(C)C(=C)C. The third-order valence-electron chi connectivity index (χ3n) is 3.49. The quantitative estimate of drug-likeness (QED) is 0.495. The average molecular weight is 191 g/mol. The van der Waals surface area contributed by atoms with Crippen molar-refractivity contribution >= 4 is 5.91 Å². The van der Waals surface area contributed by atoms with Crippen LogP contribution in [0.1, 0.15) is 33.1 Å². The molecule has 2 aliphatic rings. The molecular formula is C12H17NO. The number of β-lactam (4-membered cyclic amide) rings is 1. The molecule has 0 aromatic rings.